The maximum Gasteiger partial charge on any atom is 0.253 e. The molecule has 1 saturated carbocycles. The number of benzene rings is 1. The standard InChI is InChI=1S/C16H19N5O/c17-15-6-3-12-9-20(10-14(12)15)16(22)11-1-4-13(5-2-11)21-8-7-18-19-21/h1-2,4-5,7-8,12,14-15H,3,6,9-10,17H2. The summed E-state index contributed by atoms with van der Waals surface area (Å²) in [6.07, 6.45) is 5.66. The van der Waals surface area contributed by atoms with E-state index in [9.17, 15) is 4.79 Å². The van der Waals surface area contributed by atoms with Gasteiger partial charge in [0.2, 0.25) is 0 Å². The Labute approximate surface area is 128 Å². The molecule has 0 radical (unpaired) electrons. The van der Waals surface area contributed by atoms with Crippen molar-refractivity contribution in [3.63, 3.8) is 0 Å². The number of nitrogens with two attached hydrogens (primary N) is 1. The van der Waals surface area contributed by atoms with E-state index in [1.807, 2.05) is 29.2 Å². The second-order valence-corrected chi connectivity index (χ2v) is 6.27. The summed E-state index contributed by atoms with van der Waals surface area (Å²) in [5.74, 6) is 1.18. The van der Waals surface area contributed by atoms with E-state index in [1.54, 1.807) is 17.1 Å². The summed E-state index contributed by atoms with van der Waals surface area (Å²) in [4.78, 5) is 14.6. The average Bonchev–Trinajstić information content (AvgIpc) is 3.26. The maximum absolute atomic E-state index is 12.6. The zero-order chi connectivity index (χ0) is 15.1. The minimum atomic E-state index is 0.103. The summed E-state index contributed by atoms with van der Waals surface area (Å²) >= 11 is 0. The predicted octanol–water partition coefficient (Wildman–Crippen LogP) is 1.08. The monoisotopic (exact) mass is 297 g/mol. The first kappa shape index (κ1) is 13.5. The van der Waals surface area contributed by atoms with Gasteiger partial charge in [0.05, 0.1) is 18.1 Å². The van der Waals surface area contributed by atoms with Gasteiger partial charge in [-0.25, -0.2) is 4.68 Å². The number of nitrogens with zero attached hydrogens (tertiary/aromatic N) is 4. The maximum atomic E-state index is 12.6. The SMILES string of the molecule is NC1CCC2CN(C(=O)c3ccc(-n4ccnn4)cc3)CC12. The highest BCUT2D eigenvalue weighted by Crippen LogP contribution is 2.37. The third-order valence-corrected chi connectivity index (χ3v) is 5.00. The van der Waals surface area contributed by atoms with Crippen molar-refractivity contribution in [2.24, 2.45) is 17.6 Å². The molecular formula is C16H19N5O. The Hall–Kier alpha value is -2.21. The summed E-state index contributed by atoms with van der Waals surface area (Å²) in [7, 11) is 0. The van der Waals surface area contributed by atoms with E-state index in [-0.39, 0.29) is 11.9 Å². The predicted molar refractivity (Wildman–Crippen MR) is 81.5 cm³/mol. The Morgan fingerprint density at radius 2 is 2.00 bits per heavy atom. The highest BCUT2D eigenvalue weighted by atomic mass is 16.2. The van der Waals surface area contributed by atoms with Crippen molar-refractivity contribution in [3.05, 3.63) is 42.2 Å². The summed E-state index contributed by atoms with van der Waals surface area (Å²) in [5.41, 5.74) is 7.76. The van der Waals surface area contributed by atoms with Crippen LogP contribution in [-0.4, -0.2) is 44.9 Å². The lowest BCUT2D eigenvalue weighted by Gasteiger charge is -2.19. The molecule has 6 heteroatoms. The molecule has 0 spiro atoms. The Kier molecular flexibility index (Phi) is 3.18. The van der Waals surface area contributed by atoms with Gasteiger partial charge in [-0.3, -0.25) is 4.79 Å². The summed E-state index contributed by atoms with van der Waals surface area (Å²) in [5, 5.41) is 7.73. The van der Waals surface area contributed by atoms with Gasteiger partial charge in [0.15, 0.2) is 0 Å². The van der Waals surface area contributed by atoms with Crippen LogP contribution in [0.3, 0.4) is 0 Å². The van der Waals surface area contributed by atoms with Gasteiger partial charge >= 0.3 is 0 Å². The number of hydrogen-bond donors (Lipinski definition) is 1. The van der Waals surface area contributed by atoms with Crippen LogP contribution in [0.5, 0.6) is 0 Å². The van der Waals surface area contributed by atoms with Crippen LogP contribution < -0.4 is 5.73 Å². The molecule has 1 amide bonds. The van der Waals surface area contributed by atoms with Gasteiger partial charge in [0.1, 0.15) is 0 Å². The van der Waals surface area contributed by atoms with E-state index >= 15 is 0 Å². The quantitative estimate of drug-likeness (QED) is 0.899. The molecule has 22 heavy (non-hydrogen) atoms. The van der Waals surface area contributed by atoms with Crippen molar-refractivity contribution < 1.29 is 4.79 Å². The smallest absolute Gasteiger partial charge is 0.253 e. The van der Waals surface area contributed by atoms with E-state index in [2.05, 4.69) is 10.3 Å². The Balaban J connectivity index is 1.49. The third-order valence-electron chi connectivity index (χ3n) is 5.00. The van der Waals surface area contributed by atoms with Crippen molar-refractivity contribution in [2.45, 2.75) is 18.9 Å². The molecule has 114 valence electrons. The summed E-state index contributed by atoms with van der Waals surface area (Å²) < 4.78 is 1.67. The number of carbonyl (C=O) groups excluding carboxylic acids is 1. The number of fused-ring (bicyclic) bond motifs is 1. The van der Waals surface area contributed by atoms with Crippen molar-refractivity contribution in [2.75, 3.05) is 13.1 Å². The largest absolute Gasteiger partial charge is 0.338 e. The van der Waals surface area contributed by atoms with Crippen molar-refractivity contribution in [1.29, 1.82) is 0 Å². The van der Waals surface area contributed by atoms with E-state index in [4.69, 9.17) is 5.73 Å². The zero-order valence-corrected chi connectivity index (χ0v) is 12.3. The first-order chi connectivity index (χ1) is 10.7. The lowest BCUT2D eigenvalue weighted by Crippen LogP contribution is -2.33. The number of amides is 1. The first-order valence-electron chi connectivity index (χ1n) is 7.74. The minimum Gasteiger partial charge on any atom is -0.338 e. The van der Waals surface area contributed by atoms with Crippen LogP contribution in [0.25, 0.3) is 5.69 Å². The Morgan fingerprint density at radius 3 is 2.68 bits per heavy atom. The van der Waals surface area contributed by atoms with E-state index in [0.717, 1.165) is 37.2 Å². The first-order valence-corrected chi connectivity index (χ1v) is 7.74. The van der Waals surface area contributed by atoms with Gasteiger partial charge in [-0.1, -0.05) is 5.21 Å². The molecule has 3 atom stereocenters. The van der Waals surface area contributed by atoms with Crippen LogP contribution in [0, 0.1) is 11.8 Å². The fraction of sp³-hybridized carbons (Fsp3) is 0.438. The molecule has 2 N–H and O–H groups in total. The number of likely N-dealkylation sites (tertiary alicyclic amines) is 1. The Bertz CT molecular complexity index is 666. The number of carbonyl (C=O) groups is 1. The van der Waals surface area contributed by atoms with E-state index < -0.39 is 0 Å². The molecule has 1 aromatic carbocycles. The molecule has 2 aliphatic rings. The second kappa shape index (κ2) is 5.21. The average molecular weight is 297 g/mol. The van der Waals surface area contributed by atoms with Gasteiger partial charge < -0.3 is 10.6 Å². The van der Waals surface area contributed by atoms with Crippen LogP contribution in [0.4, 0.5) is 0 Å². The van der Waals surface area contributed by atoms with Crippen molar-refractivity contribution in [1.82, 2.24) is 19.9 Å². The molecule has 1 aliphatic heterocycles. The van der Waals surface area contributed by atoms with Crippen LogP contribution in [0.1, 0.15) is 23.2 Å². The van der Waals surface area contributed by atoms with Crippen LogP contribution in [-0.2, 0) is 0 Å². The van der Waals surface area contributed by atoms with Crippen LogP contribution >= 0.6 is 0 Å². The lowest BCUT2D eigenvalue weighted by molar-refractivity contribution is 0.0779. The minimum absolute atomic E-state index is 0.103. The fourth-order valence-corrected chi connectivity index (χ4v) is 3.76. The van der Waals surface area contributed by atoms with Gasteiger partial charge in [-0.15, -0.1) is 5.10 Å². The summed E-state index contributed by atoms with van der Waals surface area (Å²) in [6.45, 7) is 1.65. The molecule has 2 heterocycles. The highest BCUT2D eigenvalue weighted by molar-refractivity contribution is 5.94. The van der Waals surface area contributed by atoms with E-state index in [0.29, 0.717) is 11.8 Å². The Morgan fingerprint density at radius 1 is 1.18 bits per heavy atom. The fourth-order valence-electron chi connectivity index (χ4n) is 3.76. The molecule has 2 aromatic rings. The molecule has 0 bridgehead atoms. The van der Waals surface area contributed by atoms with Gasteiger partial charge in [-0.05, 0) is 48.9 Å². The lowest BCUT2D eigenvalue weighted by atomic mass is 9.98. The van der Waals surface area contributed by atoms with Gasteiger partial charge in [0.25, 0.3) is 5.91 Å². The molecule has 1 aliphatic carbocycles. The molecular weight excluding hydrogens is 278 g/mol. The zero-order valence-electron chi connectivity index (χ0n) is 12.3. The molecule has 3 unspecified atom stereocenters. The second-order valence-electron chi connectivity index (χ2n) is 6.27. The summed E-state index contributed by atoms with van der Waals surface area (Å²) in [6, 6.07) is 7.76. The topological polar surface area (TPSA) is 77.0 Å². The molecule has 1 aromatic heterocycles. The molecule has 6 nitrogen and oxygen atoms in total. The number of rotatable bonds is 2. The van der Waals surface area contributed by atoms with Crippen molar-refractivity contribution in [3.8, 4) is 5.69 Å². The molecule has 2 fully saturated rings. The van der Waals surface area contributed by atoms with Gasteiger partial charge in [0, 0.05) is 24.7 Å². The van der Waals surface area contributed by atoms with Crippen LogP contribution in [0.2, 0.25) is 0 Å². The van der Waals surface area contributed by atoms with Crippen molar-refractivity contribution >= 4 is 5.91 Å². The number of aromatic nitrogens is 3. The van der Waals surface area contributed by atoms with E-state index in [1.165, 1.54) is 0 Å². The molecule has 1 saturated heterocycles. The molecule has 4 rings (SSSR count). The normalized spacial score (nSPS) is 27.1. The highest BCUT2D eigenvalue weighted by Gasteiger charge is 2.42. The number of hydrogen-bond acceptors (Lipinski definition) is 4. The van der Waals surface area contributed by atoms with Crippen LogP contribution in [0.15, 0.2) is 36.7 Å². The third kappa shape index (κ3) is 2.20. The van der Waals surface area contributed by atoms with Gasteiger partial charge in [-0.2, -0.15) is 0 Å².